The zero-order chi connectivity index (χ0) is 15.1. The molecule has 0 aliphatic heterocycles. The van der Waals surface area contributed by atoms with E-state index in [1.165, 1.54) is 0 Å². The summed E-state index contributed by atoms with van der Waals surface area (Å²) in [6.45, 7) is 1.26. The molecule has 0 aliphatic rings. The molecule has 0 fully saturated rings. The fourth-order valence-corrected chi connectivity index (χ4v) is 1.97. The number of hydrogen-bond donors (Lipinski definition) is 1. The van der Waals surface area contributed by atoms with Crippen LogP contribution in [0.1, 0.15) is 12.8 Å². The lowest BCUT2D eigenvalue weighted by molar-refractivity contribution is 0.266. The molecule has 2 N–H and O–H groups in total. The maximum atomic E-state index is 5.85. The van der Waals surface area contributed by atoms with Gasteiger partial charge in [-0.2, -0.15) is 0 Å². The second-order valence-corrected chi connectivity index (χ2v) is 5.38. The van der Waals surface area contributed by atoms with Crippen LogP contribution in [0.3, 0.4) is 0 Å². The molecule has 0 saturated heterocycles. The molecule has 21 heavy (non-hydrogen) atoms. The normalized spacial score (nSPS) is 10.4. The highest BCUT2D eigenvalue weighted by Crippen LogP contribution is 2.24. The summed E-state index contributed by atoms with van der Waals surface area (Å²) in [5, 5.41) is 1.25. The van der Waals surface area contributed by atoms with Crippen molar-refractivity contribution in [3.63, 3.8) is 0 Å². The molecule has 0 saturated carbocycles. The minimum atomic E-state index is 0.528. The third-order valence-corrected chi connectivity index (χ3v) is 3.45. The summed E-state index contributed by atoms with van der Waals surface area (Å²) in [6, 6.07) is 12.6. The quantitative estimate of drug-likeness (QED) is 0.586. The predicted octanol–water partition coefficient (Wildman–Crippen LogP) is 4.81. The van der Waals surface area contributed by atoms with Gasteiger partial charge >= 0.3 is 0 Å². The van der Waals surface area contributed by atoms with Crippen LogP contribution in [0.25, 0.3) is 0 Å². The van der Waals surface area contributed by atoms with Gasteiger partial charge in [0.2, 0.25) is 0 Å². The zero-order valence-corrected chi connectivity index (χ0v) is 13.0. The second-order valence-electron chi connectivity index (χ2n) is 4.54. The first-order valence-corrected chi connectivity index (χ1v) is 7.47. The largest absolute Gasteiger partial charge is 0.494 e. The number of ether oxygens (including phenoxy) is 2. The lowest BCUT2D eigenvalue weighted by Gasteiger charge is -2.08. The van der Waals surface area contributed by atoms with Gasteiger partial charge in [0, 0.05) is 11.1 Å². The number of nitrogens with two attached hydrogens (primary N) is 1. The Morgan fingerprint density at radius 1 is 0.810 bits per heavy atom. The van der Waals surface area contributed by atoms with Gasteiger partial charge in [0.25, 0.3) is 0 Å². The Morgan fingerprint density at radius 3 is 2.00 bits per heavy atom. The number of unbranched alkanes of at least 4 members (excludes halogenated alkanes) is 1. The molecule has 2 rings (SSSR count). The summed E-state index contributed by atoms with van der Waals surface area (Å²) < 4.78 is 11.2. The van der Waals surface area contributed by atoms with E-state index >= 15 is 0 Å². The Hall–Kier alpha value is -1.58. The third kappa shape index (κ3) is 5.37. The average molecular weight is 326 g/mol. The molecule has 2 aromatic rings. The van der Waals surface area contributed by atoms with Crippen LogP contribution in [0, 0.1) is 0 Å². The molecule has 0 atom stereocenters. The number of hydrogen-bond acceptors (Lipinski definition) is 3. The van der Waals surface area contributed by atoms with Gasteiger partial charge in [0.05, 0.1) is 23.9 Å². The molecule has 0 amide bonds. The van der Waals surface area contributed by atoms with Crippen LogP contribution in [-0.4, -0.2) is 13.2 Å². The summed E-state index contributed by atoms with van der Waals surface area (Å²) in [4.78, 5) is 0. The second kappa shape index (κ2) is 8.01. The van der Waals surface area contributed by atoms with Crippen molar-refractivity contribution in [3.05, 3.63) is 52.5 Å². The Balaban J connectivity index is 1.61. The van der Waals surface area contributed by atoms with E-state index in [9.17, 15) is 0 Å². The number of anilines is 1. The lowest BCUT2D eigenvalue weighted by Crippen LogP contribution is -2.02. The topological polar surface area (TPSA) is 44.5 Å². The van der Waals surface area contributed by atoms with Gasteiger partial charge in [0.15, 0.2) is 0 Å². The Morgan fingerprint density at radius 2 is 1.38 bits per heavy atom. The van der Waals surface area contributed by atoms with E-state index in [-0.39, 0.29) is 0 Å². The number of halogens is 2. The van der Waals surface area contributed by atoms with Crippen molar-refractivity contribution in [1.29, 1.82) is 0 Å². The maximum Gasteiger partial charge on any atom is 0.121 e. The summed E-state index contributed by atoms with van der Waals surface area (Å²) in [5.41, 5.74) is 6.23. The molecule has 3 nitrogen and oxygen atoms in total. The highest BCUT2D eigenvalue weighted by molar-refractivity contribution is 6.33. The molecule has 0 spiro atoms. The first kappa shape index (κ1) is 15.8. The van der Waals surface area contributed by atoms with Crippen molar-refractivity contribution >= 4 is 28.9 Å². The summed E-state index contributed by atoms with van der Waals surface area (Å²) in [5.74, 6) is 1.56. The van der Waals surface area contributed by atoms with E-state index in [1.807, 2.05) is 30.3 Å². The summed E-state index contributed by atoms with van der Waals surface area (Å²) >= 11 is 11.6. The van der Waals surface area contributed by atoms with E-state index in [0.29, 0.717) is 28.9 Å². The van der Waals surface area contributed by atoms with E-state index in [1.54, 1.807) is 12.1 Å². The Bertz CT molecular complexity index is 573. The van der Waals surface area contributed by atoms with Gasteiger partial charge < -0.3 is 15.2 Å². The summed E-state index contributed by atoms with van der Waals surface area (Å²) in [7, 11) is 0. The van der Waals surface area contributed by atoms with Crippen molar-refractivity contribution in [3.8, 4) is 11.5 Å². The molecule has 2 aromatic carbocycles. The monoisotopic (exact) mass is 325 g/mol. The van der Waals surface area contributed by atoms with E-state index in [0.717, 1.165) is 24.3 Å². The molecule has 5 heteroatoms. The van der Waals surface area contributed by atoms with Gasteiger partial charge in [0.1, 0.15) is 11.5 Å². The minimum absolute atomic E-state index is 0.528. The highest BCUT2D eigenvalue weighted by Gasteiger charge is 1.99. The third-order valence-electron chi connectivity index (χ3n) is 2.86. The number of benzene rings is 2. The molecular weight excluding hydrogens is 309 g/mol. The molecule has 0 aromatic heterocycles. The molecular formula is C16H17Cl2NO2. The van der Waals surface area contributed by atoms with E-state index < -0.39 is 0 Å². The first-order chi connectivity index (χ1) is 10.1. The molecule has 112 valence electrons. The van der Waals surface area contributed by atoms with Crippen molar-refractivity contribution in [2.75, 3.05) is 18.9 Å². The maximum absolute atomic E-state index is 5.85. The van der Waals surface area contributed by atoms with Gasteiger partial charge in [-0.1, -0.05) is 23.2 Å². The van der Waals surface area contributed by atoms with Crippen molar-refractivity contribution in [2.24, 2.45) is 0 Å². The smallest absolute Gasteiger partial charge is 0.121 e. The van der Waals surface area contributed by atoms with Crippen molar-refractivity contribution in [2.45, 2.75) is 12.8 Å². The standard InChI is InChI=1S/C16H17Cl2NO2/c17-12-3-5-13(6-4-12)20-9-1-2-10-21-14-7-8-15(18)16(19)11-14/h3-8,11H,1-2,9-10,19H2. The van der Waals surface area contributed by atoms with Crippen LogP contribution in [0.5, 0.6) is 11.5 Å². The Kier molecular flexibility index (Phi) is 6.03. The van der Waals surface area contributed by atoms with Crippen LogP contribution >= 0.6 is 23.2 Å². The van der Waals surface area contributed by atoms with E-state index in [2.05, 4.69) is 0 Å². The molecule has 0 bridgehead atoms. The fraction of sp³-hybridized carbons (Fsp3) is 0.250. The zero-order valence-electron chi connectivity index (χ0n) is 11.5. The highest BCUT2D eigenvalue weighted by atomic mass is 35.5. The van der Waals surface area contributed by atoms with Crippen LogP contribution < -0.4 is 15.2 Å². The average Bonchev–Trinajstić information content (AvgIpc) is 2.48. The fourth-order valence-electron chi connectivity index (χ4n) is 1.73. The van der Waals surface area contributed by atoms with Gasteiger partial charge in [-0.25, -0.2) is 0 Å². The molecule has 0 heterocycles. The first-order valence-electron chi connectivity index (χ1n) is 6.71. The van der Waals surface area contributed by atoms with Crippen molar-refractivity contribution in [1.82, 2.24) is 0 Å². The summed E-state index contributed by atoms with van der Waals surface area (Å²) in [6.07, 6.45) is 1.81. The van der Waals surface area contributed by atoms with Crippen LogP contribution in [-0.2, 0) is 0 Å². The number of rotatable bonds is 7. The van der Waals surface area contributed by atoms with Crippen LogP contribution in [0.15, 0.2) is 42.5 Å². The minimum Gasteiger partial charge on any atom is -0.494 e. The van der Waals surface area contributed by atoms with Crippen LogP contribution in [0.2, 0.25) is 10.0 Å². The van der Waals surface area contributed by atoms with E-state index in [4.69, 9.17) is 38.4 Å². The Labute approximate surface area is 134 Å². The number of nitrogen functional groups attached to an aromatic ring is 1. The predicted molar refractivity (Wildman–Crippen MR) is 87.5 cm³/mol. The van der Waals surface area contributed by atoms with Crippen LogP contribution in [0.4, 0.5) is 5.69 Å². The molecule has 0 radical (unpaired) electrons. The SMILES string of the molecule is Nc1cc(OCCCCOc2ccc(Cl)cc2)ccc1Cl. The molecule has 0 aliphatic carbocycles. The van der Waals surface area contributed by atoms with Gasteiger partial charge in [-0.15, -0.1) is 0 Å². The van der Waals surface area contributed by atoms with Gasteiger partial charge in [-0.3, -0.25) is 0 Å². The van der Waals surface area contributed by atoms with Crippen molar-refractivity contribution < 1.29 is 9.47 Å². The molecule has 0 unspecified atom stereocenters. The lowest BCUT2D eigenvalue weighted by atomic mass is 10.3. The van der Waals surface area contributed by atoms with Gasteiger partial charge in [-0.05, 0) is 49.2 Å².